The number of carbonyl (C=O) groups excluding carboxylic acids is 3. The van der Waals surface area contributed by atoms with Crippen LogP contribution in [0.3, 0.4) is 0 Å². The number of rotatable bonds is 3. The molecule has 2 aromatic carbocycles. The van der Waals surface area contributed by atoms with Crippen LogP contribution >= 0.6 is 23.2 Å². The lowest BCUT2D eigenvalue weighted by Crippen LogP contribution is -2.45. The maximum Gasteiger partial charge on any atom is 0.262 e. The monoisotopic (exact) mass is 376 g/mol. The van der Waals surface area contributed by atoms with Gasteiger partial charge in [0.05, 0.1) is 21.2 Å². The van der Waals surface area contributed by atoms with Crippen LogP contribution in [0, 0.1) is 6.92 Å². The van der Waals surface area contributed by atoms with Crippen molar-refractivity contribution in [2.45, 2.75) is 19.9 Å². The highest BCUT2D eigenvalue weighted by atomic mass is 35.5. The molecule has 7 heteroatoms. The van der Waals surface area contributed by atoms with Crippen molar-refractivity contribution in [2.75, 3.05) is 5.32 Å². The first kappa shape index (κ1) is 17.5. The summed E-state index contributed by atoms with van der Waals surface area (Å²) in [6.07, 6.45) is 0. The molecule has 0 saturated heterocycles. The summed E-state index contributed by atoms with van der Waals surface area (Å²) in [6.45, 7) is 3.43. The molecule has 1 atom stereocenters. The second kappa shape index (κ2) is 6.50. The molecular weight excluding hydrogens is 363 g/mol. The highest BCUT2D eigenvalue weighted by Crippen LogP contribution is 2.32. The number of fused-ring (bicyclic) bond motifs is 1. The molecule has 0 bridgehead atoms. The SMILES string of the molecule is Cc1ccc(NC(=O)[C@H](C)N2C(=O)c3cc(Cl)c(Cl)cc3C2=O)cc1. The van der Waals surface area contributed by atoms with E-state index in [1.165, 1.54) is 19.1 Å². The Morgan fingerprint density at radius 1 is 1.00 bits per heavy atom. The van der Waals surface area contributed by atoms with Crippen LogP contribution in [0.25, 0.3) is 0 Å². The van der Waals surface area contributed by atoms with Gasteiger partial charge in [0, 0.05) is 5.69 Å². The van der Waals surface area contributed by atoms with E-state index in [1.54, 1.807) is 12.1 Å². The molecule has 1 aliphatic rings. The van der Waals surface area contributed by atoms with Crippen LogP contribution in [0.4, 0.5) is 5.69 Å². The predicted octanol–water partition coefficient (Wildman–Crippen LogP) is 3.93. The standard InChI is InChI=1S/C18H14Cl2N2O3/c1-9-3-5-11(6-4-9)21-16(23)10(2)22-17(24)12-7-14(19)15(20)8-13(12)18(22)25/h3-8,10H,1-2H3,(H,21,23)/t10-/m0/s1. The second-order valence-corrected chi connectivity index (χ2v) is 6.64. The van der Waals surface area contributed by atoms with E-state index in [2.05, 4.69) is 5.32 Å². The Morgan fingerprint density at radius 2 is 1.48 bits per heavy atom. The third-order valence-corrected chi connectivity index (χ3v) is 4.77. The Morgan fingerprint density at radius 3 is 1.96 bits per heavy atom. The van der Waals surface area contributed by atoms with Gasteiger partial charge in [-0.15, -0.1) is 0 Å². The van der Waals surface area contributed by atoms with E-state index in [0.717, 1.165) is 10.5 Å². The molecule has 1 heterocycles. The first-order valence-corrected chi connectivity index (χ1v) is 8.29. The lowest BCUT2D eigenvalue weighted by atomic mass is 10.1. The molecule has 0 aromatic heterocycles. The minimum Gasteiger partial charge on any atom is -0.324 e. The fraction of sp³-hybridized carbons (Fsp3) is 0.167. The van der Waals surface area contributed by atoms with Crippen molar-refractivity contribution in [3.63, 3.8) is 0 Å². The molecule has 128 valence electrons. The molecule has 3 amide bonds. The molecule has 5 nitrogen and oxygen atoms in total. The number of benzene rings is 2. The summed E-state index contributed by atoms with van der Waals surface area (Å²) in [5, 5.41) is 3.06. The van der Waals surface area contributed by atoms with Crippen molar-refractivity contribution in [1.82, 2.24) is 4.90 Å². The van der Waals surface area contributed by atoms with Gasteiger partial charge in [0.1, 0.15) is 6.04 Å². The van der Waals surface area contributed by atoms with Gasteiger partial charge < -0.3 is 5.32 Å². The topological polar surface area (TPSA) is 66.5 Å². The van der Waals surface area contributed by atoms with E-state index in [1.807, 2.05) is 19.1 Å². The quantitative estimate of drug-likeness (QED) is 0.825. The van der Waals surface area contributed by atoms with Crippen molar-refractivity contribution in [1.29, 1.82) is 0 Å². The molecule has 1 aliphatic heterocycles. The summed E-state index contributed by atoms with van der Waals surface area (Å²) < 4.78 is 0. The Labute approximate surface area is 154 Å². The van der Waals surface area contributed by atoms with Crippen LogP contribution in [0.2, 0.25) is 10.0 Å². The summed E-state index contributed by atoms with van der Waals surface area (Å²) in [5.41, 5.74) is 1.94. The number of halogens is 2. The lowest BCUT2D eigenvalue weighted by molar-refractivity contribution is -0.119. The number of nitrogens with zero attached hydrogens (tertiary/aromatic N) is 1. The van der Waals surface area contributed by atoms with Gasteiger partial charge in [0.15, 0.2) is 0 Å². The van der Waals surface area contributed by atoms with E-state index in [-0.39, 0.29) is 21.2 Å². The number of amides is 3. The van der Waals surface area contributed by atoms with Crippen molar-refractivity contribution in [3.8, 4) is 0 Å². The molecule has 0 aliphatic carbocycles. The van der Waals surface area contributed by atoms with Crippen LogP contribution in [-0.4, -0.2) is 28.7 Å². The summed E-state index contributed by atoms with van der Waals surface area (Å²) in [6, 6.07) is 8.93. The zero-order valence-electron chi connectivity index (χ0n) is 13.5. The van der Waals surface area contributed by atoms with Crippen molar-refractivity contribution in [3.05, 3.63) is 63.1 Å². The summed E-state index contributed by atoms with van der Waals surface area (Å²) in [5.74, 6) is -1.59. The second-order valence-electron chi connectivity index (χ2n) is 5.82. The maximum absolute atomic E-state index is 12.5. The molecule has 1 N–H and O–H groups in total. The third kappa shape index (κ3) is 3.13. The average Bonchev–Trinajstić information content (AvgIpc) is 2.80. The average molecular weight is 377 g/mol. The van der Waals surface area contributed by atoms with Gasteiger partial charge >= 0.3 is 0 Å². The fourth-order valence-electron chi connectivity index (χ4n) is 2.61. The number of imide groups is 1. The highest BCUT2D eigenvalue weighted by molar-refractivity contribution is 6.43. The molecule has 0 spiro atoms. The molecule has 0 radical (unpaired) electrons. The number of nitrogens with one attached hydrogen (secondary N) is 1. The summed E-state index contributed by atoms with van der Waals surface area (Å²) in [4.78, 5) is 38.4. The van der Waals surface area contributed by atoms with E-state index in [4.69, 9.17) is 23.2 Å². The Balaban J connectivity index is 1.84. The summed E-state index contributed by atoms with van der Waals surface area (Å²) in [7, 11) is 0. The molecule has 3 rings (SSSR count). The highest BCUT2D eigenvalue weighted by Gasteiger charge is 2.41. The van der Waals surface area contributed by atoms with E-state index in [9.17, 15) is 14.4 Å². The summed E-state index contributed by atoms with van der Waals surface area (Å²) >= 11 is 11.8. The van der Waals surface area contributed by atoms with Gasteiger partial charge in [-0.05, 0) is 38.1 Å². The van der Waals surface area contributed by atoms with E-state index in [0.29, 0.717) is 5.69 Å². The van der Waals surface area contributed by atoms with Crippen LogP contribution in [0.15, 0.2) is 36.4 Å². The number of hydrogen-bond acceptors (Lipinski definition) is 3. The van der Waals surface area contributed by atoms with Gasteiger partial charge in [-0.3, -0.25) is 19.3 Å². The zero-order chi connectivity index (χ0) is 18.3. The van der Waals surface area contributed by atoms with Crippen molar-refractivity contribution in [2.24, 2.45) is 0 Å². The van der Waals surface area contributed by atoms with Crippen LogP contribution in [-0.2, 0) is 4.79 Å². The number of aryl methyl sites for hydroxylation is 1. The Bertz CT molecular complexity index is 853. The largest absolute Gasteiger partial charge is 0.324 e. The van der Waals surface area contributed by atoms with E-state index < -0.39 is 23.8 Å². The van der Waals surface area contributed by atoms with Gasteiger partial charge in [-0.2, -0.15) is 0 Å². The van der Waals surface area contributed by atoms with Crippen LogP contribution in [0.1, 0.15) is 33.2 Å². The van der Waals surface area contributed by atoms with Crippen molar-refractivity contribution < 1.29 is 14.4 Å². The van der Waals surface area contributed by atoms with Gasteiger partial charge in [-0.1, -0.05) is 40.9 Å². The first-order chi connectivity index (χ1) is 11.8. The third-order valence-electron chi connectivity index (χ3n) is 4.04. The molecule has 0 saturated carbocycles. The van der Waals surface area contributed by atoms with Crippen molar-refractivity contribution >= 4 is 46.6 Å². The van der Waals surface area contributed by atoms with E-state index >= 15 is 0 Å². The maximum atomic E-state index is 12.5. The lowest BCUT2D eigenvalue weighted by Gasteiger charge is -2.21. The predicted molar refractivity (Wildman–Crippen MR) is 96.2 cm³/mol. The van der Waals surface area contributed by atoms with Gasteiger partial charge in [-0.25, -0.2) is 0 Å². The molecule has 0 fully saturated rings. The van der Waals surface area contributed by atoms with Gasteiger partial charge in [0.2, 0.25) is 5.91 Å². The first-order valence-electron chi connectivity index (χ1n) is 7.54. The fourth-order valence-corrected chi connectivity index (χ4v) is 2.93. The number of carbonyl (C=O) groups is 3. The molecule has 2 aromatic rings. The Kier molecular flexibility index (Phi) is 4.54. The molecule has 0 unspecified atom stereocenters. The molecule has 25 heavy (non-hydrogen) atoms. The van der Waals surface area contributed by atoms with Gasteiger partial charge in [0.25, 0.3) is 11.8 Å². The minimum absolute atomic E-state index is 0.148. The van der Waals surface area contributed by atoms with Crippen LogP contribution < -0.4 is 5.32 Å². The Hall–Kier alpha value is -2.37. The smallest absolute Gasteiger partial charge is 0.262 e. The molecular formula is C18H14Cl2N2O3. The number of hydrogen-bond donors (Lipinski definition) is 1. The number of anilines is 1. The minimum atomic E-state index is -0.980. The zero-order valence-corrected chi connectivity index (χ0v) is 15.0. The van der Waals surface area contributed by atoms with Crippen LogP contribution in [0.5, 0.6) is 0 Å². The normalized spacial score (nSPS) is 14.5.